The van der Waals surface area contributed by atoms with Crippen molar-refractivity contribution in [3.05, 3.63) is 71.1 Å². The Balaban J connectivity index is 1.83. The Morgan fingerprint density at radius 2 is 2.00 bits per heavy atom. The molecule has 3 rings (SSSR count). The second kappa shape index (κ2) is 8.86. The number of rotatable bonds is 7. The first-order valence-corrected chi connectivity index (χ1v) is 10.3. The molecule has 0 unspecified atom stereocenters. The summed E-state index contributed by atoms with van der Waals surface area (Å²) in [5, 5.41) is 2.94. The van der Waals surface area contributed by atoms with Gasteiger partial charge in [-0.25, -0.2) is 19.1 Å². The zero-order valence-corrected chi connectivity index (χ0v) is 17.1. The van der Waals surface area contributed by atoms with Gasteiger partial charge in [-0.15, -0.1) is 6.42 Å². The second-order valence-corrected chi connectivity index (χ2v) is 7.95. The van der Waals surface area contributed by atoms with Crippen LogP contribution < -0.4 is 14.8 Å². The summed E-state index contributed by atoms with van der Waals surface area (Å²) in [5.74, 6) is 2.01. The Morgan fingerprint density at radius 1 is 1.20 bits per heavy atom. The Kier molecular flexibility index (Phi) is 6.25. The van der Waals surface area contributed by atoms with Gasteiger partial charge >= 0.3 is 0 Å². The van der Waals surface area contributed by atoms with E-state index in [-0.39, 0.29) is 11.6 Å². The van der Waals surface area contributed by atoms with Gasteiger partial charge in [0.25, 0.3) is 10.2 Å². The van der Waals surface area contributed by atoms with E-state index >= 15 is 0 Å². The number of hydrogen-bond donors (Lipinski definition) is 3. The van der Waals surface area contributed by atoms with Gasteiger partial charge in [-0.2, -0.15) is 8.42 Å². The fourth-order valence-corrected chi connectivity index (χ4v) is 3.15. The number of anilines is 3. The van der Waals surface area contributed by atoms with Crippen LogP contribution >= 0.6 is 0 Å². The van der Waals surface area contributed by atoms with E-state index in [2.05, 4.69) is 35.6 Å². The smallest absolute Gasteiger partial charge is 0.300 e. The normalized spacial score (nSPS) is 11.0. The number of nitrogens with zero attached hydrogens (tertiary/aromatic N) is 3. The van der Waals surface area contributed by atoms with E-state index < -0.39 is 16.0 Å². The number of terminal acetylenes is 1. The quantitative estimate of drug-likeness (QED) is 0.501. The molecule has 0 aliphatic heterocycles. The minimum absolute atomic E-state index is 0.0451. The van der Waals surface area contributed by atoms with E-state index in [4.69, 9.17) is 6.42 Å². The van der Waals surface area contributed by atoms with E-state index in [1.165, 1.54) is 25.5 Å². The lowest BCUT2D eigenvalue weighted by molar-refractivity contribution is 0.593. The highest BCUT2D eigenvalue weighted by atomic mass is 32.2. The molecule has 0 spiro atoms. The number of hydrogen-bond acceptors (Lipinski definition) is 6. The van der Waals surface area contributed by atoms with Crippen molar-refractivity contribution in [3.8, 4) is 12.3 Å². The van der Waals surface area contributed by atoms with Crippen molar-refractivity contribution in [1.29, 1.82) is 0 Å². The summed E-state index contributed by atoms with van der Waals surface area (Å²) < 4.78 is 42.0. The maximum atomic E-state index is 14.2. The lowest BCUT2D eigenvalue weighted by Crippen LogP contribution is -2.26. The van der Waals surface area contributed by atoms with Crippen LogP contribution in [0.4, 0.5) is 21.7 Å². The van der Waals surface area contributed by atoms with Crippen molar-refractivity contribution in [2.24, 2.45) is 0 Å². The number of aromatic nitrogens is 3. The van der Waals surface area contributed by atoms with Crippen LogP contribution in [0.3, 0.4) is 0 Å². The summed E-state index contributed by atoms with van der Waals surface area (Å²) in [6.07, 6.45) is 11.9. The molecule has 0 bridgehead atoms. The molecule has 0 aliphatic rings. The van der Waals surface area contributed by atoms with Crippen LogP contribution in [0, 0.1) is 25.1 Å². The molecule has 3 aromatic heterocycles. The topological polar surface area (TPSA) is 109 Å². The van der Waals surface area contributed by atoms with Gasteiger partial charge in [0.05, 0.1) is 11.9 Å². The van der Waals surface area contributed by atoms with Crippen LogP contribution in [0.25, 0.3) is 0 Å². The lowest BCUT2D eigenvalue weighted by Gasteiger charge is -2.13. The summed E-state index contributed by atoms with van der Waals surface area (Å²) in [6, 6.07) is 4.64. The highest BCUT2D eigenvalue weighted by Crippen LogP contribution is 2.25. The fraction of sp³-hybridized carbons (Fsp3) is 0.150. The van der Waals surface area contributed by atoms with E-state index in [0.717, 1.165) is 16.7 Å². The lowest BCUT2D eigenvalue weighted by atomic mass is 10.0. The molecular formula is C20H19FN6O2S. The highest BCUT2D eigenvalue weighted by molar-refractivity contribution is 7.90. The van der Waals surface area contributed by atoms with Crippen molar-refractivity contribution in [3.63, 3.8) is 0 Å². The Bertz CT molecular complexity index is 1220. The standard InChI is InChI=1S/C20H19FN6O2S/c1-4-14-8-17(21)20(25-10-14)26-18-12-23-11-16(13(18)2)7-15-5-6-24-19(9-15)27-30(28,29)22-3/h1,5-6,8-12,22H,7H2,2-3H3,(H,24,27)(H,25,26). The summed E-state index contributed by atoms with van der Waals surface area (Å²) in [4.78, 5) is 12.2. The molecule has 10 heteroatoms. The molecule has 3 N–H and O–H groups in total. The van der Waals surface area contributed by atoms with Crippen LogP contribution in [-0.2, 0) is 16.6 Å². The van der Waals surface area contributed by atoms with Crippen molar-refractivity contribution in [1.82, 2.24) is 19.7 Å². The van der Waals surface area contributed by atoms with Gasteiger partial charge in [0, 0.05) is 31.2 Å². The van der Waals surface area contributed by atoms with Crippen LogP contribution in [0.1, 0.15) is 22.3 Å². The van der Waals surface area contributed by atoms with Crippen molar-refractivity contribution in [2.75, 3.05) is 17.1 Å². The average Bonchev–Trinajstić information content (AvgIpc) is 2.72. The van der Waals surface area contributed by atoms with Gasteiger partial charge in [-0.05, 0) is 48.2 Å². The molecule has 154 valence electrons. The van der Waals surface area contributed by atoms with Crippen molar-refractivity contribution in [2.45, 2.75) is 13.3 Å². The highest BCUT2D eigenvalue weighted by Gasteiger charge is 2.12. The van der Waals surface area contributed by atoms with E-state index in [1.807, 2.05) is 6.92 Å². The summed E-state index contributed by atoms with van der Waals surface area (Å²) >= 11 is 0. The molecule has 8 nitrogen and oxygen atoms in total. The Hall–Kier alpha value is -3.55. The first kappa shape index (κ1) is 21.2. The number of nitrogens with one attached hydrogen (secondary N) is 3. The van der Waals surface area contributed by atoms with Gasteiger partial charge < -0.3 is 5.32 Å². The molecule has 0 fully saturated rings. The van der Waals surface area contributed by atoms with Gasteiger partial charge in [0.15, 0.2) is 11.6 Å². The molecule has 0 aromatic carbocycles. The molecule has 30 heavy (non-hydrogen) atoms. The van der Waals surface area contributed by atoms with Crippen molar-refractivity contribution >= 4 is 27.5 Å². The van der Waals surface area contributed by atoms with Crippen LogP contribution in [0.2, 0.25) is 0 Å². The predicted octanol–water partition coefficient (Wildman–Crippen LogP) is 2.51. The minimum Gasteiger partial charge on any atom is -0.336 e. The zero-order valence-electron chi connectivity index (χ0n) is 16.3. The van der Waals surface area contributed by atoms with E-state index in [1.54, 1.807) is 24.5 Å². The summed E-state index contributed by atoms with van der Waals surface area (Å²) in [7, 11) is -2.36. The predicted molar refractivity (Wildman–Crippen MR) is 113 cm³/mol. The van der Waals surface area contributed by atoms with Gasteiger partial charge in [0.1, 0.15) is 5.82 Å². The Morgan fingerprint density at radius 3 is 2.70 bits per heavy atom. The van der Waals surface area contributed by atoms with E-state index in [0.29, 0.717) is 17.7 Å². The molecule has 0 saturated heterocycles. The third kappa shape index (κ3) is 5.08. The molecule has 0 atom stereocenters. The number of halogens is 1. The molecule has 0 aliphatic carbocycles. The largest absolute Gasteiger partial charge is 0.336 e. The van der Waals surface area contributed by atoms with Crippen LogP contribution in [0.15, 0.2) is 43.0 Å². The fourth-order valence-electron chi connectivity index (χ4n) is 2.66. The molecule has 0 saturated carbocycles. The van der Waals surface area contributed by atoms with Gasteiger partial charge in [0.2, 0.25) is 0 Å². The maximum Gasteiger partial charge on any atom is 0.300 e. The third-order valence-electron chi connectivity index (χ3n) is 4.31. The monoisotopic (exact) mass is 426 g/mol. The van der Waals surface area contributed by atoms with E-state index in [9.17, 15) is 12.8 Å². The van der Waals surface area contributed by atoms with Crippen LogP contribution in [-0.4, -0.2) is 30.4 Å². The third-order valence-corrected chi connectivity index (χ3v) is 5.32. The first-order valence-electron chi connectivity index (χ1n) is 8.80. The van der Waals surface area contributed by atoms with Gasteiger partial charge in [-0.1, -0.05) is 5.92 Å². The zero-order chi connectivity index (χ0) is 21.7. The summed E-state index contributed by atoms with van der Waals surface area (Å²) in [6.45, 7) is 1.87. The SMILES string of the molecule is C#Cc1cnc(Nc2cncc(Cc3ccnc(NS(=O)(=O)NC)c3)c2C)c(F)c1. The first-order chi connectivity index (χ1) is 14.3. The molecule has 3 heterocycles. The summed E-state index contributed by atoms with van der Waals surface area (Å²) in [5.41, 5.74) is 3.49. The molecule has 0 radical (unpaired) electrons. The van der Waals surface area contributed by atoms with Crippen LogP contribution in [0.5, 0.6) is 0 Å². The van der Waals surface area contributed by atoms with Gasteiger partial charge in [-0.3, -0.25) is 9.71 Å². The Labute approximate surface area is 174 Å². The minimum atomic E-state index is -3.66. The number of pyridine rings is 3. The maximum absolute atomic E-state index is 14.2. The molecule has 3 aromatic rings. The van der Waals surface area contributed by atoms with Crippen molar-refractivity contribution < 1.29 is 12.8 Å². The molecule has 0 amide bonds. The average molecular weight is 426 g/mol. The second-order valence-electron chi connectivity index (χ2n) is 6.33. The molecular weight excluding hydrogens is 407 g/mol.